The molecule has 0 aliphatic rings. The number of aliphatic hydroxyl groups is 1. The van der Waals surface area contributed by atoms with E-state index in [0.717, 1.165) is 15.2 Å². The molecule has 0 saturated carbocycles. The van der Waals surface area contributed by atoms with E-state index in [1.807, 2.05) is 19.1 Å². The summed E-state index contributed by atoms with van der Waals surface area (Å²) in [5.41, 5.74) is 1.62. The van der Waals surface area contributed by atoms with Crippen LogP contribution >= 0.6 is 11.3 Å². The van der Waals surface area contributed by atoms with Crippen molar-refractivity contribution in [3.05, 3.63) is 23.2 Å². The van der Waals surface area contributed by atoms with Gasteiger partial charge < -0.3 is 10.4 Å². The number of hydrogen-bond donors (Lipinski definition) is 2. The lowest BCUT2D eigenvalue weighted by molar-refractivity contribution is -0.118. The predicted octanol–water partition coefficient (Wildman–Crippen LogP) is 1.54. The second-order valence-electron chi connectivity index (χ2n) is 3.12. The van der Waals surface area contributed by atoms with Gasteiger partial charge >= 0.3 is 0 Å². The Morgan fingerprint density at radius 3 is 3.13 bits per heavy atom. The van der Waals surface area contributed by atoms with E-state index >= 15 is 0 Å². The summed E-state index contributed by atoms with van der Waals surface area (Å²) in [6, 6.07) is 5.48. The minimum atomic E-state index is -0.500. The molecule has 2 aromatic rings. The number of carbonyl (C=O) groups is 1. The molecule has 0 spiro atoms. The van der Waals surface area contributed by atoms with Gasteiger partial charge in [0.15, 0.2) is 0 Å². The Morgan fingerprint density at radius 2 is 2.40 bits per heavy atom. The first-order chi connectivity index (χ1) is 7.19. The van der Waals surface area contributed by atoms with Gasteiger partial charge in [-0.05, 0) is 25.1 Å². The zero-order valence-electron chi connectivity index (χ0n) is 8.15. The first-order valence-electron chi connectivity index (χ1n) is 4.47. The molecule has 1 heterocycles. The van der Waals surface area contributed by atoms with Crippen LogP contribution in [0.1, 0.15) is 5.01 Å². The second-order valence-corrected chi connectivity index (χ2v) is 4.36. The molecule has 78 valence electrons. The van der Waals surface area contributed by atoms with Crippen LogP contribution in [-0.4, -0.2) is 22.6 Å². The van der Waals surface area contributed by atoms with E-state index in [2.05, 4.69) is 10.3 Å². The Hall–Kier alpha value is -1.46. The molecule has 1 aromatic carbocycles. The summed E-state index contributed by atoms with van der Waals surface area (Å²) in [6.45, 7) is 1.44. The minimum Gasteiger partial charge on any atom is -0.387 e. The van der Waals surface area contributed by atoms with Crippen LogP contribution in [0.4, 0.5) is 5.69 Å². The number of rotatable bonds is 2. The molecule has 2 rings (SSSR count). The predicted molar refractivity (Wildman–Crippen MR) is 60.1 cm³/mol. The minimum absolute atomic E-state index is 0.407. The Labute approximate surface area is 90.6 Å². The molecule has 0 saturated heterocycles. The third-order valence-corrected chi connectivity index (χ3v) is 2.86. The van der Waals surface area contributed by atoms with Crippen LogP contribution in [0, 0.1) is 6.92 Å². The third kappa shape index (κ3) is 2.14. The van der Waals surface area contributed by atoms with Crippen LogP contribution < -0.4 is 5.32 Å². The maximum atomic E-state index is 10.9. The van der Waals surface area contributed by atoms with Crippen molar-refractivity contribution in [2.24, 2.45) is 0 Å². The van der Waals surface area contributed by atoms with Gasteiger partial charge in [0.2, 0.25) is 5.91 Å². The average molecular weight is 222 g/mol. The Bertz CT molecular complexity index is 507. The number of benzene rings is 1. The van der Waals surface area contributed by atoms with Crippen molar-refractivity contribution in [1.29, 1.82) is 0 Å². The van der Waals surface area contributed by atoms with Gasteiger partial charge in [0, 0.05) is 5.69 Å². The maximum absolute atomic E-state index is 10.9. The molecule has 0 atom stereocenters. The van der Waals surface area contributed by atoms with Gasteiger partial charge in [-0.1, -0.05) is 0 Å². The van der Waals surface area contributed by atoms with Crippen molar-refractivity contribution in [2.75, 3.05) is 11.9 Å². The summed E-state index contributed by atoms with van der Waals surface area (Å²) in [6.07, 6.45) is 0. The summed E-state index contributed by atoms with van der Waals surface area (Å²) in [5, 5.41) is 12.2. The highest BCUT2D eigenvalue weighted by Gasteiger charge is 2.03. The van der Waals surface area contributed by atoms with Crippen LogP contribution in [0.15, 0.2) is 18.2 Å². The maximum Gasteiger partial charge on any atom is 0.250 e. The highest BCUT2D eigenvalue weighted by atomic mass is 32.1. The van der Waals surface area contributed by atoms with Gasteiger partial charge in [-0.2, -0.15) is 0 Å². The van der Waals surface area contributed by atoms with E-state index < -0.39 is 12.5 Å². The SMILES string of the molecule is Cc1nc2ccc(NC(=O)CO)cc2s1. The third-order valence-electron chi connectivity index (χ3n) is 1.92. The smallest absolute Gasteiger partial charge is 0.250 e. The Kier molecular flexibility index (Phi) is 2.66. The largest absolute Gasteiger partial charge is 0.387 e. The number of thiazole rings is 1. The fraction of sp³-hybridized carbons (Fsp3) is 0.200. The van der Waals surface area contributed by atoms with Gasteiger partial charge in [0.25, 0.3) is 0 Å². The van der Waals surface area contributed by atoms with E-state index in [4.69, 9.17) is 5.11 Å². The van der Waals surface area contributed by atoms with Crippen LogP contribution in [0.3, 0.4) is 0 Å². The molecule has 2 N–H and O–H groups in total. The number of nitrogens with zero attached hydrogens (tertiary/aromatic N) is 1. The number of carbonyl (C=O) groups excluding carboxylic acids is 1. The molecule has 4 nitrogen and oxygen atoms in total. The first-order valence-corrected chi connectivity index (χ1v) is 5.28. The summed E-state index contributed by atoms with van der Waals surface area (Å²) >= 11 is 1.58. The van der Waals surface area contributed by atoms with Gasteiger partial charge in [-0.3, -0.25) is 4.79 Å². The normalized spacial score (nSPS) is 10.5. The zero-order chi connectivity index (χ0) is 10.8. The van der Waals surface area contributed by atoms with Crippen LogP contribution in [0.5, 0.6) is 0 Å². The Balaban J connectivity index is 2.33. The van der Waals surface area contributed by atoms with Crippen molar-refractivity contribution in [3.63, 3.8) is 0 Å². The van der Waals surface area contributed by atoms with Crippen molar-refractivity contribution in [2.45, 2.75) is 6.92 Å². The van der Waals surface area contributed by atoms with Crippen molar-refractivity contribution >= 4 is 33.1 Å². The van der Waals surface area contributed by atoms with Gasteiger partial charge in [0.05, 0.1) is 15.2 Å². The fourth-order valence-electron chi connectivity index (χ4n) is 1.32. The van der Waals surface area contributed by atoms with E-state index in [0.29, 0.717) is 5.69 Å². The molecule has 0 bridgehead atoms. The molecule has 1 amide bonds. The van der Waals surface area contributed by atoms with Crippen molar-refractivity contribution in [1.82, 2.24) is 4.98 Å². The summed E-state index contributed by atoms with van der Waals surface area (Å²) in [5.74, 6) is -0.407. The van der Waals surface area contributed by atoms with Crippen LogP contribution in [0.25, 0.3) is 10.2 Å². The number of aromatic nitrogens is 1. The first kappa shape index (κ1) is 10.1. The van der Waals surface area contributed by atoms with Crippen molar-refractivity contribution < 1.29 is 9.90 Å². The highest BCUT2D eigenvalue weighted by Crippen LogP contribution is 2.24. The molecule has 1 aromatic heterocycles. The van der Waals surface area contributed by atoms with Gasteiger partial charge in [-0.25, -0.2) is 4.98 Å². The van der Waals surface area contributed by atoms with E-state index in [9.17, 15) is 4.79 Å². The molecule has 0 fully saturated rings. The molecule has 15 heavy (non-hydrogen) atoms. The number of aryl methyl sites for hydroxylation is 1. The summed E-state index contributed by atoms with van der Waals surface area (Å²) in [4.78, 5) is 15.3. The highest BCUT2D eigenvalue weighted by molar-refractivity contribution is 7.18. The molecule has 5 heteroatoms. The number of nitrogens with one attached hydrogen (secondary N) is 1. The van der Waals surface area contributed by atoms with Crippen LogP contribution in [0.2, 0.25) is 0 Å². The number of fused-ring (bicyclic) bond motifs is 1. The quantitative estimate of drug-likeness (QED) is 0.810. The van der Waals surface area contributed by atoms with E-state index in [1.165, 1.54) is 0 Å². The topological polar surface area (TPSA) is 62.2 Å². The van der Waals surface area contributed by atoms with E-state index in [-0.39, 0.29) is 0 Å². The number of anilines is 1. The molecular formula is C10H10N2O2S. The Morgan fingerprint density at radius 1 is 1.60 bits per heavy atom. The van der Waals surface area contributed by atoms with Crippen LogP contribution in [-0.2, 0) is 4.79 Å². The van der Waals surface area contributed by atoms with Gasteiger partial charge in [0.1, 0.15) is 6.61 Å². The second kappa shape index (κ2) is 3.96. The zero-order valence-corrected chi connectivity index (χ0v) is 8.97. The average Bonchev–Trinajstić information content (AvgIpc) is 2.57. The lowest BCUT2D eigenvalue weighted by atomic mass is 10.3. The summed E-state index contributed by atoms with van der Waals surface area (Å²) in [7, 11) is 0. The summed E-state index contributed by atoms with van der Waals surface area (Å²) < 4.78 is 1.03. The molecule has 0 aliphatic carbocycles. The molecule has 0 aliphatic heterocycles. The standard InChI is InChI=1S/C10H10N2O2S/c1-6-11-8-3-2-7(4-9(8)15-6)12-10(14)5-13/h2-4,13H,5H2,1H3,(H,12,14). The number of amides is 1. The monoisotopic (exact) mass is 222 g/mol. The number of hydrogen-bond acceptors (Lipinski definition) is 4. The fourth-order valence-corrected chi connectivity index (χ4v) is 2.18. The van der Waals surface area contributed by atoms with E-state index in [1.54, 1.807) is 17.4 Å². The molecule has 0 radical (unpaired) electrons. The lowest BCUT2D eigenvalue weighted by Crippen LogP contribution is -2.15. The molecular weight excluding hydrogens is 212 g/mol. The lowest BCUT2D eigenvalue weighted by Gasteiger charge is -2.01. The van der Waals surface area contributed by atoms with Gasteiger partial charge in [-0.15, -0.1) is 11.3 Å². The number of aliphatic hydroxyl groups excluding tert-OH is 1. The van der Waals surface area contributed by atoms with Crippen molar-refractivity contribution in [3.8, 4) is 0 Å². The molecule has 0 unspecified atom stereocenters.